The van der Waals surface area contributed by atoms with Gasteiger partial charge in [0.05, 0.1) is 11.7 Å². The number of piperazine rings is 1. The van der Waals surface area contributed by atoms with Gasteiger partial charge in [0.15, 0.2) is 0 Å². The second-order valence-electron chi connectivity index (χ2n) is 5.84. The number of benzene rings is 2. The van der Waals surface area contributed by atoms with E-state index in [0.29, 0.717) is 12.1 Å². The van der Waals surface area contributed by atoms with Gasteiger partial charge in [-0.1, -0.05) is 36.4 Å². The third-order valence-electron chi connectivity index (χ3n) is 4.10. The van der Waals surface area contributed by atoms with E-state index in [0.717, 1.165) is 13.1 Å². The van der Waals surface area contributed by atoms with Gasteiger partial charge in [0.25, 0.3) is 0 Å². The fourth-order valence-corrected chi connectivity index (χ4v) is 3.47. The highest BCUT2D eigenvalue weighted by atomic mass is 79.9. The molecule has 0 bridgehead atoms. The number of rotatable bonds is 2. The minimum Gasteiger partial charge on any atom is -0.361 e. The van der Waals surface area contributed by atoms with E-state index >= 15 is 0 Å². The van der Waals surface area contributed by atoms with E-state index in [-0.39, 0.29) is 0 Å². The molecule has 110 valence electrons. The summed E-state index contributed by atoms with van der Waals surface area (Å²) in [5.41, 5.74) is 3.95. The van der Waals surface area contributed by atoms with Crippen LogP contribution in [0.1, 0.15) is 24.1 Å². The summed E-state index contributed by atoms with van der Waals surface area (Å²) >= 11 is 3.72. The molecule has 3 rings (SSSR count). The number of halogens is 1. The lowest BCUT2D eigenvalue weighted by Gasteiger charge is -2.42. The lowest BCUT2D eigenvalue weighted by Crippen LogP contribution is -2.51. The fraction of sp³-hybridized carbons (Fsp3) is 0.333. The molecule has 2 aromatic rings. The average Bonchev–Trinajstić information content (AvgIpc) is 2.50. The SMILES string of the molecule is Cc1ccc(Br)c(N2CC(C)NCC2c2ccccc2)c1. The van der Waals surface area contributed by atoms with Crippen LogP contribution in [-0.4, -0.2) is 19.1 Å². The first-order valence-corrected chi connectivity index (χ1v) is 8.25. The Labute approximate surface area is 135 Å². The molecular formula is C18H21BrN2. The summed E-state index contributed by atoms with van der Waals surface area (Å²) < 4.78 is 1.17. The molecule has 2 unspecified atom stereocenters. The number of hydrogen-bond acceptors (Lipinski definition) is 2. The van der Waals surface area contributed by atoms with Crippen molar-refractivity contribution in [3.8, 4) is 0 Å². The molecule has 21 heavy (non-hydrogen) atoms. The summed E-state index contributed by atoms with van der Waals surface area (Å²) in [6.07, 6.45) is 0. The molecule has 2 nitrogen and oxygen atoms in total. The lowest BCUT2D eigenvalue weighted by atomic mass is 10.00. The van der Waals surface area contributed by atoms with Crippen LogP contribution in [0.15, 0.2) is 53.0 Å². The maximum Gasteiger partial charge on any atom is 0.0668 e. The van der Waals surface area contributed by atoms with Crippen molar-refractivity contribution in [2.75, 3.05) is 18.0 Å². The molecule has 0 saturated carbocycles. The van der Waals surface area contributed by atoms with Crippen LogP contribution in [0, 0.1) is 6.92 Å². The maximum atomic E-state index is 3.72. The Morgan fingerprint density at radius 1 is 1.14 bits per heavy atom. The highest BCUT2D eigenvalue weighted by Crippen LogP contribution is 2.35. The Kier molecular flexibility index (Phi) is 4.32. The second kappa shape index (κ2) is 6.20. The van der Waals surface area contributed by atoms with Gasteiger partial charge in [0.1, 0.15) is 0 Å². The van der Waals surface area contributed by atoms with Gasteiger partial charge in [-0.2, -0.15) is 0 Å². The van der Waals surface area contributed by atoms with Gasteiger partial charge >= 0.3 is 0 Å². The van der Waals surface area contributed by atoms with Crippen molar-refractivity contribution in [3.63, 3.8) is 0 Å². The molecule has 0 aliphatic carbocycles. The monoisotopic (exact) mass is 344 g/mol. The summed E-state index contributed by atoms with van der Waals surface area (Å²) in [6.45, 7) is 6.39. The third kappa shape index (κ3) is 3.14. The largest absolute Gasteiger partial charge is 0.361 e. The first kappa shape index (κ1) is 14.6. The van der Waals surface area contributed by atoms with E-state index < -0.39 is 0 Å². The van der Waals surface area contributed by atoms with Crippen molar-refractivity contribution in [1.29, 1.82) is 0 Å². The number of nitrogens with one attached hydrogen (secondary N) is 1. The highest BCUT2D eigenvalue weighted by molar-refractivity contribution is 9.10. The topological polar surface area (TPSA) is 15.3 Å². The van der Waals surface area contributed by atoms with Crippen LogP contribution in [0.4, 0.5) is 5.69 Å². The smallest absolute Gasteiger partial charge is 0.0668 e. The van der Waals surface area contributed by atoms with Gasteiger partial charge in [-0.3, -0.25) is 0 Å². The molecule has 0 spiro atoms. The van der Waals surface area contributed by atoms with E-state index in [1.807, 2.05) is 0 Å². The van der Waals surface area contributed by atoms with Crippen LogP contribution in [0.25, 0.3) is 0 Å². The predicted molar refractivity (Wildman–Crippen MR) is 92.9 cm³/mol. The van der Waals surface area contributed by atoms with Crippen molar-refractivity contribution in [2.45, 2.75) is 25.9 Å². The summed E-state index contributed by atoms with van der Waals surface area (Å²) in [6, 6.07) is 18.2. The first-order valence-electron chi connectivity index (χ1n) is 7.46. The third-order valence-corrected chi connectivity index (χ3v) is 4.77. The van der Waals surface area contributed by atoms with Gasteiger partial charge < -0.3 is 10.2 Å². The predicted octanol–water partition coefficient (Wildman–Crippen LogP) is 4.30. The minimum absolute atomic E-state index is 0.375. The minimum atomic E-state index is 0.375. The molecule has 1 aliphatic rings. The fourth-order valence-electron chi connectivity index (χ4n) is 2.99. The Hall–Kier alpha value is -1.32. The van der Waals surface area contributed by atoms with Crippen LogP contribution in [0.5, 0.6) is 0 Å². The molecule has 1 saturated heterocycles. The second-order valence-corrected chi connectivity index (χ2v) is 6.70. The highest BCUT2D eigenvalue weighted by Gasteiger charge is 2.28. The van der Waals surface area contributed by atoms with Crippen molar-refractivity contribution in [3.05, 3.63) is 64.1 Å². The van der Waals surface area contributed by atoms with E-state index in [9.17, 15) is 0 Å². The number of hydrogen-bond donors (Lipinski definition) is 1. The van der Waals surface area contributed by atoms with Gasteiger partial charge in [-0.25, -0.2) is 0 Å². The molecule has 3 heteroatoms. The average molecular weight is 345 g/mol. The Bertz CT molecular complexity index is 612. The van der Waals surface area contributed by atoms with Crippen molar-refractivity contribution in [1.82, 2.24) is 5.32 Å². The molecular weight excluding hydrogens is 324 g/mol. The molecule has 1 N–H and O–H groups in total. The van der Waals surface area contributed by atoms with Crippen molar-refractivity contribution in [2.24, 2.45) is 0 Å². The quantitative estimate of drug-likeness (QED) is 0.873. The van der Waals surface area contributed by atoms with Gasteiger partial charge in [0, 0.05) is 23.6 Å². The number of aryl methyl sites for hydroxylation is 1. The van der Waals surface area contributed by atoms with Crippen molar-refractivity contribution < 1.29 is 0 Å². The first-order chi connectivity index (χ1) is 10.1. The molecule has 1 fully saturated rings. The van der Waals surface area contributed by atoms with Crippen LogP contribution in [0.3, 0.4) is 0 Å². The lowest BCUT2D eigenvalue weighted by molar-refractivity contribution is 0.416. The van der Waals surface area contributed by atoms with Gasteiger partial charge in [-0.05, 0) is 53.0 Å². The van der Waals surface area contributed by atoms with E-state index in [1.165, 1.54) is 21.3 Å². The van der Waals surface area contributed by atoms with Crippen LogP contribution in [0.2, 0.25) is 0 Å². The number of nitrogens with zero attached hydrogens (tertiary/aromatic N) is 1. The maximum absolute atomic E-state index is 3.72. The van der Waals surface area contributed by atoms with Crippen LogP contribution in [-0.2, 0) is 0 Å². The van der Waals surface area contributed by atoms with Gasteiger partial charge in [-0.15, -0.1) is 0 Å². The molecule has 1 aliphatic heterocycles. The Morgan fingerprint density at radius 2 is 1.90 bits per heavy atom. The molecule has 2 aromatic carbocycles. The molecule has 1 heterocycles. The number of anilines is 1. The van der Waals surface area contributed by atoms with Crippen molar-refractivity contribution >= 4 is 21.6 Å². The van der Waals surface area contributed by atoms with E-state index in [4.69, 9.17) is 0 Å². The zero-order valence-electron chi connectivity index (χ0n) is 12.5. The summed E-state index contributed by atoms with van der Waals surface area (Å²) in [5, 5.41) is 3.61. The van der Waals surface area contributed by atoms with Crippen LogP contribution < -0.4 is 10.2 Å². The van der Waals surface area contributed by atoms with Gasteiger partial charge in [0.2, 0.25) is 0 Å². The Balaban J connectivity index is 2.00. The molecule has 0 amide bonds. The van der Waals surface area contributed by atoms with E-state index in [2.05, 4.69) is 88.5 Å². The molecule has 0 aromatic heterocycles. The summed E-state index contributed by atoms with van der Waals surface area (Å²) in [7, 11) is 0. The Morgan fingerprint density at radius 3 is 2.67 bits per heavy atom. The molecule has 2 atom stereocenters. The van der Waals surface area contributed by atoms with E-state index in [1.54, 1.807) is 0 Å². The zero-order chi connectivity index (χ0) is 14.8. The summed E-state index contributed by atoms with van der Waals surface area (Å²) in [5.74, 6) is 0. The normalized spacial score (nSPS) is 22.3. The standard InChI is InChI=1S/C18H21BrN2/c1-13-8-9-16(19)17(10-13)21-12-14(2)20-11-18(21)15-6-4-3-5-7-15/h3-10,14,18,20H,11-12H2,1-2H3. The molecule has 0 radical (unpaired) electrons. The van der Waals surface area contributed by atoms with Crippen LogP contribution >= 0.6 is 15.9 Å². The zero-order valence-corrected chi connectivity index (χ0v) is 14.1. The summed E-state index contributed by atoms with van der Waals surface area (Å²) in [4.78, 5) is 2.52.